The van der Waals surface area contributed by atoms with Crippen molar-refractivity contribution in [3.8, 4) is 0 Å². The highest BCUT2D eigenvalue weighted by Crippen LogP contribution is 2.16. The number of rotatable bonds is 2. The number of hydrogen-bond donors (Lipinski definition) is 1. The van der Waals surface area contributed by atoms with Gasteiger partial charge in [-0.15, -0.1) is 0 Å². The molecule has 0 aliphatic carbocycles. The predicted octanol–water partition coefficient (Wildman–Crippen LogP) is 0.945. The third kappa shape index (κ3) is 1.93. The first-order chi connectivity index (χ1) is 5.25. The van der Waals surface area contributed by atoms with Crippen LogP contribution in [0.1, 0.15) is 26.2 Å². The lowest BCUT2D eigenvalue weighted by molar-refractivity contribution is -0.144. The van der Waals surface area contributed by atoms with E-state index in [0.717, 1.165) is 32.4 Å². The summed E-state index contributed by atoms with van der Waals surface area (Å²) in [4.78, 5) is 12.7. The molecule has 0 aromatic carbocycles. The average molecular weight is 157 g/mol. The quantitative estimate of drug-likeness (QED) is 0.648. The van der Waals surface area contributed by atoms with Crippen LogP contribution in [0.15, 0.2) is 0 Å². The maximum Gasteiger partial charge on any atom is 0.320 e. The Hall–Kier alpha value is -0.570. The molecule has 64 valence electrons. The van der Waals surface area contributed by atoms with Gasteiger partial charge in [0.1, 0.15) is 6.04 Å². The van der Waals surface area contributed by atoms with Gasteiger partial charge in [0.25, 0.3) is 0 Å². The summed E-state index contributed by atoms with van der Waals surface area (Å²) < 4.78 is 0. The van der Waals surface area contributed by atoms with Gasteiger partial charge in [-0.3, -0.25) is 9.69 Å². The van der Waals surface area contributed by atoms with Crippen molar-refractivity contribution in [3.63, 3.8) is 0 Å². The van der Waals surface area contributed by atoms with Crippen LogP contribution in [-0.4, -0.2) is 35.1 Å². The smallest absolute Gasteiger partial charge is 0.320 e. The maximum absolute atomic E-state index is 10.7. The molecule has 1 aliphatic rings. The molecule has 0 bridgehead atoms. The van der Waals surface area contributed by atoms with Crippen LogP contribution in [0.2, 0.25) is 0 Å². The molecule has 1 aliphatic heterocycles. The maximum atomic E-state index is 10.7. The number of aliphatic carboxylic acids is 1. The van der Waals surface area contributed by atoms with E-state index in [1.54, 1.807) is 0 Å². The van der Waals surface area contributed by atoms with Crippen LogP contribution in [0.3, 0.4) is 0 Å². The number of carboxylic acid groups (broad SMARTS) is 1. The van der Waals surface area contributed by atoms with Crippen molar-refractivity contribution in [3.05, 3.63) is 0 Å². The van der Waals surface area contributed by atoms with E-state index in [0.29, 0.717) is 0 Å². The Morgan fingerprint density at radius 1 is 1.64 bits per heavy atom. The summed E-state index contributed by atoms with van der Waals surface area (Å²) >= 11 is 0. The van der Waals surface area contributed by atoms with Gasteiger partial charge < -0.3 is 5.11 Å². The van der Waals surface area contributed by atoms with Crippen molar-refractivity contribution in [2.75, 3.05) is 13.1 Å². The zero-order valence-electron chi connectivity index (χ0n) is 6.92. The van der Waals surface area contributed by atoms with Gasteiger partial charge in [0.05, 0.1) is 0 Å². The minimum atomic E-state index is -0.661. The van der Waals surface area contributed by atoms with Crippen molar-refractivity contribution in [1.29, 1.82) is 0 Å². The highest BCUT2D eigenvalue weighted by Gasteiger charge is 2.26. The first-order valence-corrected chi connectivity index (χ1v) is 4.22. The zero-order valence-corrected chi connectivity index (χ0v) is 6.92. The first-order valence-electron chi connectivity index (χ1n) is 4.22. The molecule has 0 saturated carbocycles. The molecule has 1 N–H and O–H groups in total. The molecule has 3 heteroatoms. The molecule has 0 radical (unpaired) electrons. The van der Waals surface area contributed by atoms with Crippen molar-refractivity contribution >= 4 is 5.97 Å². The van der Waals surface area contributed by atoms with Gasteiger partial charge in [0.2, 0.25) is 0 Å². The fourth-order valence-electron chi connectivity index (χ4n) is 1.65. The standard InChI is InChI=1S/C8H15NO2/c1-2-9-6-4-3-5-7(9)8(10)11/h7H,2-6H2,1H3,(H,10,11). The number of carbonyl (C=O) groups is 1. The largest absolute Gasteiger partial charge is 0.480 e. The van der Waals surface area contributed by atoms with Crippen molar-refractivity contribution < 1.29 is 9.90 Å². The third-order valence-corrected chi connectivity index (χ3v) is 2.30. The highest BCUT2D eigenvalue weighted by molar-refractivity contribution is 5.73. The third-order valence-electron chi connectivity index (χ3n) is 2.30. The van der Waals surface area contributed by atoms with Crippen molar-refractivity contribution in [2.24, 2.45) is 0 Å². The lowest BCUT2D eigenvalue weighted by atomic mass is 10.0. The summed E-state index contributed by atoms with van der Waals surface area (Å²) in [5, 5.41) is 8.80. The van der Waals surface area contributed by atoms with Gasteiger partial charge in [0, 0.05) is 0 Å². The molecular weight excluding hydrogens is 142 g/mol. The van der Waals surface area contributed by atoms with Crippen molar-refractivity contribution in [1.82, 2.24) is 4.90 Å². The summed E-state index contributed by atoms with van der Waals surface area (Å²) in [5.41, 5.74) is 0. The van der Waals surface area contributed by atoms with Crippen LogP contribution in [0.25, 0.3) is 0 Å². The minimum Gasteiger partial charge on any atom is -0.480 e. The fourth-order valence-corrected chi connectivity index (χ4v) is 1.65. The van der Waals surface area contributed by atoms with Crippen LogP contribution in [0.4, 0.5) is 0 Å². The average Bonchev–Trinajstić information content (AvgIpc) is 2.04. The van der Waals surface area contributed by atoms with Gasteiger partial charge >= 0.3 is 5.97 Å². The van der Waals surface area contributed by atoms with Gasteiger partial charge in [-0.1, -0.05) is 13.3 Å². The fraction of sp³-hybridized carbons (Fsp3) is 0.875. The SMILES string of the molecule is CCN1CCCCC1C(=O)O. The van der Waals surface area contributed by atoms with Crippen LogP contribution in [-0.2, 0) is 4.79 Å². The van der Waals surface area contributed by atoms with E-state index in [4.69, 9.17) is 5.11 Å². The molecule has 0 amide bonds. The minimum absolute atomic E-state index is 0.214. The molecular formula is C8H15NO2. The number of carboxylic acids is 1. The number of likely N-dealkylation sites (N-methyl/N-ethyl adjacent to an activating group) is 1. The molecule has 1 saturated heterocycles. The number of hydrogen-bond acceptors (Lipinski definition) is 2. The highest BCUT2D eigenvalue weighted by atomic mass is 16.4. The zero-order chi connectivity index (χ0) is 8.27. The molecule has 1 rings (SSSR count). The van der Waals surface area contributed by atoms with Crippen LogP contribution in [0, 0.1) is 0 Å². The second kappa shape index (κ2) is 3.72. The molecule has 3 nitrogen and oxygen atoms in total. The van der Waals surface area contributed by atoms with Crippen LogP contribution >= 0.6 is 0 Å². The van der Waals surface area contributed by atoms with E-state index in [1.165, 1.54) is 0 Å². The molecule has 0 spiro atoms. The summed E-state index contributed by atoms with van der Waals surface area (Å²) in [6.45, 7) is 3.83. The summed E-state index contributed by atoms with van der Waals surface area (Å²) in [6, 6.07) is -0.214. The second-order valence-electron chi connectivity index (χ2n) is 2.98. The summed E-state index contributed by atoms with van der Waals surface area (Å²) in [5.74, 6) is -0.661. The molecule has 1 atom stereocenters. The lowest BCUT2D eigenvalue weighted by Crippen LogP contribution is -2.44. The van der Waals surface area contributed by atoms with Gasteiger partial charge in [-0.2, -0.15) is 0 Å². The van der Waals surface area contributed by atoms with E-state index >= 15 is 0 Å². The molecule has 1 fully saturated rings. The van der Waals surface area contributed by atoms with Gasteiger partial charge in [-0.25, -0.2) is 0 Å². The second-order valence-corrected chi connectivity index (χ2v) is 2.98. The Balaban J connectivity index is 2.51. The van der Waals surface area contributed by atoms with Gasteiger partial charge in [0.15, 0.2) is 0 Å². The topological polar surface area (TPSA) is 40.5 Å². The van der Waals surface area contributed by atoms with E-state index in [1.807, 2.05) is 11.8 Å². The predicted molar refractivity (Wildman–Crippen MR) is 42.5 cm³/mol. The Labute approximate surface area is 67.0 Å². The first kappa shape index (κ1) is 8.53. The number of piperidine rings is 1. The number of likely N-dealkylation sites (tertiary alicyclic amines) is 1. The molecule has 0 aromatic heterocycles. The summed E-state index contributed by atoms with van der Waals surface area (Å²) in [7, 11) is 0. The Morgan fingerprint density at radius 2 is 2.36 bits per heavy atom. The molecule has 11 heavy (non-hydrogen) atoms. The summed E-state index contributed by atoms with van der Waals surface area (Å²) in [6.07, 6.45) is 3.04. The Kier molecular flexibility index (Phi) is 2.88. The van der Waals surface area contributed by atoms with E-state index in [9.17, 15) is 4.79 Å². The monoisotopic (exact) mass is 157 g/mol. The van der Waals surface area contributed by atoms with E-state index < -0.39 is 5.97 Å². The van der Waals surface area contributed by atoms with Crippen LogP contribution in [0.5, 0.6) is 0 Å². The molecule has 1 heterocycles. The van der Waals surface area contributed by atoms with E-state index in [2.05, 4.69) is 0 Å². The van der Waals surface area contributed by atoms with Gasteiger partial charge in [-0.05, 0) is 25.9 Å². The Morgan fingerprint density at radius 3 is 2.82 bits per heavy atom. The normalized spacial score (nSPS) is 26.8. The molecule has 0 aromatic rings. The Bertz CT molecular complexity index is 147. The lowest BCUT2D eigenvalue weighted by Gasteiger charge is -2.31. The van der Waals surface area contributed by atoms with Crippen molar-refractivity contribution in [2.45, 2.75) is 32.2 Å². The number of nitrogens with zero attached hydrogens (tertiary/aromatic N) is 1. The van der Waals surface area contributed by atoms with E-state index in [-0.39, 0.29) is 6.04 Å². The molecule has 1 unspecified atom stereocenters. The van der Waals surface area contributed by atoms with Crippen LogP contribution < -0.4 is 0 Å².